The number of nitrogens with zero attached hydrogens (tertiary/aromatic N) is 2. The summed E-state index contributed by atoms with van der Waals surface area (Å²) in [7, 11) is 1.75. The fourth-order valence-electron chi connectivity index (χ4n) is 6.00. The average Bonchev–Trinajstić information content (AvgIpc) is 3.33. The van der Waals surface area contributed by atoms with E-state index in [0.29, 0.717) is 30.0 Å². The largest absolute Gasteiger partial charge is 0.496 e. The summed E-state index contributed by atoms with van der Waals surface area (Å²) >= 11 is 0. The second-order valence-corrected chi connectivity index (χ2v) is 8.67. The van der Waals surface area contributed by atoms with Gasteiger partial charge in [0.05, 0.1) is 13.2 Å². The van der Waals surface area contributed by atoms with Crippen LogP contribution >= 0.6 is 0 Å². The van der Waals surface area contributed by atoms with E-state index in [9.17, 15) is 4.79 Å². The number of fused-ring (bicyclic) bond motifs is 2. The Bertz CT molecular complexity index is 718. The van der Waals surface area contributed by atoms with E-state index in [-0.39, 0.29) is 11.9 Å². The van der Waals surface area contributed by atoms with Crippen LogP contribution in [0.1, 0.15) is 37.7 Å². The number of nitrogens with one attached hydrogen (secondary N) is 2. The molecule has 5 saturated heterocycles. The van der Waals surface area contributed by atoms with E-state index in [1.165, 1.54) is 31.5 Å². The lowest BCUT2D eigenvalue weighted by atomic mass is 9.75. The summed E-state index contributed by atoms with van der Waals surface area (Å²) in [5.74, 6) is 2.18. The van der Waals surface area contributed by atoms with Crippen molar-refractivity contribution in [1.82, 2.24) is 20.7 Å². The summed E-state index contributed by atoms with van der Waals surface area (Å²) in [6, 6.07) is 9.36. The molecule has 0 spiro atoms. The summed E-state index contributed by atoms with van der Waals surface area (Å²) in [5, 5.41) is 0. The minimum atomic E-state index is -0.104. The van der Waals surface area contributed by atoms with Crippen LogP contribution in [0.15, 0.2) is 24.3 Å². The van der Waals surface area contributed by atoms with Crippen molar-refractivity contribution in [2.75, 3.05) is 26.7 Å². The predicted octanol–water partition coefficient (Wildman–Crippen LogP) is 1.34. The molecule has 2 bridgehead atoms. The van der Waals surface area contributed by atoms with Gasteiger partial charge in [0.25, 0.3) is 0 Å². The Kier molecular flexibility index (Phi) is 4.37. The van der Waals surface area contributed by atoms with Crippen LogP contribution in [0.4, 0.5) is 0 Å². The summed E-state index contributed by atoms with van der Waals surface area (Å²) in [4.78, 5) is 18.3. The predicted molar refractivity (Wildman–Crippen MR) is 103 cm³/mol. The number of carbonyl (C=O) groups is 1. The van der Waals surface area contributed by atoms with Gasteiger partial charge >= 0.3 is 0 Å². The maximum Gasteiger partial charge on any atom is 0.241 e. The molecule has 0 aromatic heterocycles. The van der Waals surface area contributed by atoms with Crippen molar-refractivity contribution in [3.05, 3.63) is 29.8 Å². The molecule has 6 rings (SSSR count). The highest BCUT2D eigenvalue weighted by molar-refractivity contribution is 5.83. The van der Waals surface area contributed by atoms with E-state index < -0.39 is 0 Å². The second-order valence-electron chi connectivity index (χ2n) is 8.67. The fourth-order valence-corrected chi connectivity index (χ4v) is 6.00. The molecular formula is C21H30N4O2. The molecule has 5 heterocycles. The number of carbonyl (C=O) groups excluding carboxylic acids is 1. The Labute approximate surface area is 161 Å². The zero-order chi connectivity index (χ0) is 18.5. The maximum absolute atomic E-state index is 13.4. The first-order valence-electron chi connectivity index (χ1n) is 10.4. The van der Waals surface area contributed by atoms with E-state index >= 15 is 0 Å². The lowest BCUT2D eigenvalue weighted by Crippen LogP contribution is -2.62. The molecule has 1 amide bonds. The van der Waals surface area contributed by atoms with Gasteiger partial charge in [-0.2, -0.15) is 0 Å². The summed E-state index contributed by atoms with van der Waals surface area (Å²) in [5.41, 5.74) is 7.69. The Morgan fingerprint density at radius 1 is 1.15 bits per heavy atom. The lowest BCUT2D eigenvalue weighted by Gasteiger charge is -2.51. The fraction of sp³-hybridized carbons (Fsp3) is 0.667. The first-order valence-corrected chi connectivity index (χ1v) is 10.4. The van der Waals surface area contributed by atoms with Gasteiger partial charge in [-0.3, -0.25) is 15.1 Å². The Hall–Kier alpha value is -1.63. The molecule has 2 N–H and O–H groups in total. The molecule has 27 heavy (non-hydrogen) atoms. The van der Waals surface area contributed by atoms with Crippen LogP contribution in [0, 0.1) is 5.92 Å². The SMILES string of the molecule is COc1ccccc1[C@H]1CN(C(=O)C2CC(C)NN2)[C@H]2C3CCN(CC3)[C@@H]12. The number of rotatable bonds is 3. The topological polar surface area (TPSA) is 56.8 Å². The van der Waals surface area contributed by atoms with Crippen LogP contribution < -0.4 is 15.6 Å². The smallest absolute Gasteiger partial charge is 0.241 e. The van der Waals surface area contributed by atoms with Gasteiger partial charge in [-0.25, -0.2) is 5.43 Å². The Balaban J connectivity index is 1.49. The van der Waals surface area contributed by atoms with E-state index in [1.54, 1.807) is 7.11 Å². The van der Waals surface area contributed by atoms with Crippen molar-refractivity contribution in [3.63, 3.8) is 0 Å². The molecule has 2 unspecified atom stereocenters. The van der Waals surface area contributed by atoms with Gasteiger partial charge in [0.15, 0.2) is 0 Å². The number of ether oxygens (including phenoxy) is 1. The number of hydrogen-bond donors (Lipinski definition) is 2. The van der Waals surface area contributed by atoms with E-state index in [1.807, 2.05) is 6.07 Å². The van der Waals surface area contributed by atoms with Gasteiger partial charge in [0.1, 0.15) is 11.8 Å². The number of piperidine rings is 3. The van der Waals surface area contributed by atoms with Crippen LogP contribution in [0.25, 0.3) is 0 Å². The third-order valence-corrected chi connectivity index (χ3v) is 7.21. The molecule has 5 aliphatic rings. The van der Waals surface area contributed by atoms with Gasteiger partial charge < -0.3 is 9.64 Å². The molecular weight excluding hydrogens is 340 g/mol. The molecule has 0 radical (unpaired) electrons. The van der Waals surface area contributed by atoms with Gasteiger partial charge in [0, 0.05) is 30.1 Å². The third-order valence-electron chi connectivity index (χ3n) is 7.21. The van der Waals surface area contributed by atoms with Gasteiger partial charge in [-0.05, 0) is 51.3 Å². The highest BCUT2D eigenvalue weighted by atomic mass is 16.5. The highest BCUT2D eigenvalue weighted by Crippen LogP contribution is 2.48. The number of amides is 1. The normalized spacial score (nSPS) is 40.2. The first kappa shape index (κ1) is 17.5. The number of benzene rings is 1. The van der Waals surface area contributed by atoms with Crippen LogP contribution in [0.5, 0.6) is 5.75 Å². The van der Waals surface area contributed by atoms with Crippen molar-refractivity contribution in [3.8, 4) is 5.75 Å². The molecule has 1 aromatic carbocycles. The number of hydrogen-bond acceptors (Lipinski definition) is 5. The Morgan fingerprint density at radius 2 is 1.93 bits per heavy atom. The van der Waals surface area contributed by atoms with Crippen LogP contribution in [-0.4, -0.2) is 66.6 Å². The van der Waals surface area contributed by atoms with Crippen molar-refractivity contribution in [1.29, 1.82) is 0 Å². The van der Waals surface area contributed by atoms with Gasteiger partial charge in [-0.1, -0.05) is 18.2 Å². The van der Waals surface area contributed by atoms with Crippen molar-refractivity contribution in [2.45, 2.75) is 56.3 Å². The van der Waals surface area contributed by atoms with Gasteiger partial charge in [-0.15, -0.1) is 0 Å². The monoisotopic (exact) mass is 370 g/mol. The van der Waals surface area contributed by atoms with Crippen LogP contribution in [0.3, 0.4) is 0 Å². The third kappa shape index (κ3) is 2.77. The number of methoxy groups -OCH3 is 1. The average molecular weight is 370 g/mol. The Morgan fingerprint density at radius 3 is 2.63 bits per heavy atom. The molecule has 0 aliphatic carbocycles. The maximum atomic E-state index is 13.4. The quantitative estimate of drug-likeness (QED) is 0.841. The number of para-hydroxylation sites is 1. The van der Waals surface area contributed by atoms with E-state index in [4.69, 9.17) is 4.74 Å². The first-order chi connectivity index (χ1) is 13.2. The highest BCUT2D eigenvalue weighted by Gasteiger charge is 2.55. The minimum absolute atomic E-state index is 0.104. The molecule has 146 valence electrons. The molecule has 1 aromatic rings. The molecule has 5 fully saturated rings. The summed E-state index contributed by atoms with van der Waals surface area (Å²) < 4.78 is 5.68. The minimum Gasteiger partial charge on any atom is -0.496 e. The van der Waals surface area contributed by atoms with Crippen molar-refractivity contribution in [2.24, 2.45) is 5.92 Å². The van der Waals surface area contributed by atoms with Crippen LogP contribution in [0.2, 0.25) is 0 Å². The number of likely N-dealkylation sites (tertiary alicyclic amines) is 1. The van der Waals surface area contributed by atoms with Crippen LogP contribution in [-0.2, 0) is 4.79 Å². The van der Waals surface area contributed by atoms with Gasteiger partial charge in [0.2, 0.25) is 5.91 Å². The molecule has 0 saturated carbocycles. The van der Waals surface area contributed by atoms with E-state index in [2.05, 4.69) is 45.8 Å². The zero-order valence-corrected chi connectivity index (χ0v) is 16.2. The lowest BCUT2D eigenvalue weighted by molar-refractivity contribution is -0.138. The molecule has 6 nitrogen and oxygen atoms in total. The van der Waals surface area contributed by atoms with E-state index in [0.717, 1.165) is 18.7 Å². The molecule has 5 atom stereocenters. The zero-order valence-electron chi connectivity index (χ0n) is 16.2. The van der Waals surface area contributed by atoms with Crippen molar-refractivity contribution >= 4 is 5.91 Å². The second kappa shape index (κ2) is 6.76. The number of hydrazine groups is 1. The molecule has 5 aliphatic heterocycles. The summed E-state index contributed by atoms with van der Waals surface area (Å²) in [6.45, 7) is 5.26. The molecule has 6 heteroatoms. The standard InChI is InChI=1S/C21H30N4O2/c1-13-11-17(23-22-13)21(26)25-12-16(15-5-3-4-6-18(15)27-2)20-19(25)14-7-9-24(20)10-8-14/h3-6,13-14,16-17,19-20,22-23H,7-12H2,1-2H3/t13?,16-,17?,19+,20+/m1/s1. The summed E-state index contributed by atoms with van der Waals surface area (Å²) in [6.07, 6.45) is 3.30. The van der Waals surface area contributed by atoms with Crippen molar-refractivity contribution < 1.29 is 9.53 Å².